The molecule has 0 saturated carbocycles. The Morgan fingerprint density at radius 2 is 2.03 bits per heavy atom. The van der Waals surface area contributed by atoms with Crippen molar-refractivity contribution in [3.05, 3.63) is 76.0 Å². The third-order valence-electron chi connectivity index (χ3n) is 5.41. The first-order valence-corrected chi connectivity index (χ1v) is 11.2. The van der Waals surface area contributed by atoms with Crippen molar-refractivity contribution in [3.8, 4) is 0 Å². The van der Waals surface area contributed by atoms with Gasteiger partial charge in [-0.05, 0) is 73.2 Å². The minimum Gasteiger partial charge on any atom is -0.380 e. The molecule has 5 nitrogen and oxygen atoms in total. The number of H-pyrrole nitrogens is 1. The number of aromatic amines is 1. The van der Waals surface area contributed by atoms with Gasteiger partial charge in [0, 0.05) is 35.0 Å². The smallest absolute Gasteiger partial charge is 0.380 e. The Kier molecular flexibility index (Phi) is 6.51. The topological polar surface area (TPSA) is 69.8 Å². The van der Waals surface area contributed by atoms with Crippen LogP contribution in [-0.4, -0.2) is 21.9 Å². The number of Topliss-reactive ketones (excluding diaryl/α,β-unsaturated/α-hetero) is 1. The molecule has 0 atom stereocenters. The van der Waals surface area contributed by atoms with E-state index in [0.29, 0.717) is 29.2 Å². The molecule has 33 heavy (non-hydrogen) atoms. The number of hydrogen-bond donors (Lipinski definition) is 3. The number of carbonyl (C=O) groups is 1. The number of aromatic nitrogens is 2. The van der Waals surface area contributed by atoms with Crippen molar-refractivity contribution in [2.45, 2.75) is 39.4 Å². The average molecular weight is 473 g/mol. The highest BCUT2D eigenvalue weighted by Gasteiger charge is 2.33. The molecular formula is C24H23F3N4OS. The molecule has 0 fully saturated rings. The highest BCUT2D eigenvalue weighted by atomic mass is 32.2. The van der Waals surface area contributed by atoms with Gasteiger partial charge in [-0.15, -0.1) is 0 Å². The maximum Gasteiger partial charge on any atom is 0.412 e. The molecule has 172 valence electrons. The van der Waals surface area contributed by atoms with Gasteiger partial charge in [0.25, 0.3) is 0 Å². The number of fused-ring (bicyclic) bond motifs is 1. The highest BCUT2D eigenvalue weighted by molar-refractivity contribution is 8.04. The van der Waals surface area contributed by atoms with Gasteiger partial charge in [-0.3, -0.25) is 4.79 Å². The first kappa shape index (κ1) is 23.0. The molecule has 0 radical (unpaired) electrons. The van der Waals surface area contributed by atoms with Crippen LogP contribution in [0.15, 0.2) is 59.2 Å². The van der Waals surface area contributed by atoms with E-state index in [-0.39, 0.29) is 12.2 Å². The molecule has 2 heterocycles. The number of aryl methyl sites for hydroxylation is 1. The number of ketones is 1. The lowest BCUT2D eigenvalue weighted by Gasteiger charge is -2.17. The van der Waals surface area contributed by atoms with Crippen molar-refractivity contribution in [2.75, 3.05) is 10.0 Å². The predicted octanol–water partition coefficient (Wildman–Crippen LogP) is 6.91. The third-order valence-corrected chi connectivity index (χ3v) is 6.27. The number of allylic oxidation sites excluding steroid dienone is 3. The molecule has 1 aromatic carbocycles. The van der Waals surface area contributed by atoms with Crippen molar-refractivity contribution in [2.24, 2.45) is 0 Å². The molecule has 3 aromatic rings. The largest absolute Gasteiger partial charge is 0.412 e. The fraction of sp³-hybridized carbons (Fsp3) is 0.250. The van der Waals surface area contributed by atoms with Crippen LogP contribution in [0.3, 0.4) is 0 Å². The zero-order valence-electron chi connectivity index (χ0n) is 18.1. The molecule has 1 aliphatic carbocycles. The molecule has 0 saturated heterocycles. The molecule has 3 N–H and O–H groups in total. The van der Waals surface area contributed by atoms with Crippen molar-refractivity contribution in [3.63, 3.8) is 0 Å². The summed E-state index contributed by atoms with van der Waals surface area (Å²) >= 11 is 1.18. The molecule has 0 bridgehead atoms. The first-order valence-electron chi connectivity index (χ1n) is 10.4. The summed E-state index contributed by atoms with van der Waals surface area (Å²) in [5.74, 6) is -0.0468. The SMILES string of the molecule is CC(=O)c1cc2cc(NCc3cc(NSC4=CCCC(C(F)(F)F)=C4)ccc3C)cnc2[nH]1. The van der Waals surface area contributed by atoms with Gasteiger partial charge < -0.3 is 15.0 Å². The van der Waals surface area contributed by atoms with E-state index in [0.717, 1.165) is 27.9 Å². The second kappa shape index (κ2) is 9.35. The van der Waals surface area contributed by atoms with E-state index in [9.17, 15) is 18.0 Å². The number of halogens is 3. The summed E-state index contributed by atoms with van der Waals surface area (Å²) in [7, 11) is 0. The Balaban J connectivity index is 1.41. The van der Waals surface area contributed by atoms with Crippen LogP contribution in [0.5, 0.6) is 0 Å². The lowest BCUT2D eigenvalue weighted by Crippen LogP contribution is -2.13. The van der Waals surface area contributed by atoms with E-state index in [2.05, 4.69) is 20.0 Å². The number of benzene rings is 1. The van der Waals surface area contributed by atoms with Crippen LogP contribution in [0.4, 0.5) is 24.5 Å². The Morgan fingerprint density at radius 1 is 1.21 bits per heavy atom. The molecule has 1 aliphatic rings. The summed E-state index contributed by atoms with van der Waals surface area (Å²) in [6.07, 6.45) is 0.842. The normalized spacial score (nSPS) is 14.1. The number of carbonyl (C=O) groups excluding carboxylic acids is 1. The molecule has 0 amide bonds. The molecule has 0 unspecified atom stereocenters. The Morgan fingerprint density at radius 3 is 2.79 bits per heavy atom. The molecule has 4 rings (SSSR count). The van der Waals surface area contributed by atoms with Crippen LogP contribution in [0.1, 0.15) is 41.4 Å². The van der Waals surface area contributed by atoms with Crippen LogP contribution in [-0.2, 0) is 6.54 Å². The number of anilines is 2. The summed E-state index contributed by atoms with van der Waals surface area (Å²) in [6.45, 7) is 4.05. The monoisotopic (exact) mass is 472 g/mol. The number of nitrogens with one attached hydrogen (secondary N) is 3. The van der Waals surface area contributed by atoms with E-state index in [1.54, 1.807) is 12.3 Å². The highest BCUT2D eigenvalue weighted by Crippen LogP contribution is 2.36. The van der Waals surface area contributed by atoms with E-state index in [1.807, 2.05) is 37.3 Å². The minimum atomic E-state index is -4.28. The summed E-state index contributed by atoms with van der Waals surface area (Å²) in [5, 5.41) is 4.19. The van der Waals surface area contributed by atoms with Gasteiger partial charge in [-0.25, -0.2) is 4.98 Å². The number of pyridine rings is 1. The van der Waals surface area contributed by atoms with Crippen LogP contribution in [0.2, 0.25) is 0 Å². The second-order valence-electron chi connectivity index (χ2n) is 7.91. The molecule has 9 heteroatoms. The van der Waals surface area contributed by atoms with Gasteiger partial charge in [0.05, 0.1) is 17.6 Å². The Labute approximate surface area is 193 Å². The van der Waals surface area contributed by atoms with Crippen molar-refractivity contribution in [1.29, 1.82) is 0 Å². The van der Waals surface area contributed by atoms with Crippen LogP contribution in [0, 0.1) is 6.92 Å². The predicted molar refractivity (Wildman–Crippen MR) is 127 cm³/mol. The zero-order valence-corrected chi connectivity index (χ0v) is 19.0. The molecule has 2 aromatic heterocycles. The summed E-state index contributed by atoms with van der Waals surface area (Å²) < 4.78 is 42.1. The van der Waals surface area contributed by atoms with Gasteiger partial charge in [0.2, 0.25) is 0 Å². The van der Waals surface area contributed by atoms with Crippen molar-refractivity contribution >= 4 is 40.1 Å². The fourth-order valence-corrected chi connectivity index (χ4v) is 4.27. The van der Waals surface area contributed by atoms with Gasteiger partial charge in [0.15, 0.2) is 5.78 Å². The molecule has 0 spiro atoms. The molecule has 0 aliphatic heterocycles. The van der Waals surface area contributed by atoms with Gasteiger partial charge in [-0.1, -0.05) is 12.1 Å². The van der Waals surface area contributed by atoms with Gasteiger partial charge >= 0.3 is 6.18 Å². The summed E-state index contributed by atoms with van der Waals surface area (Å²) in [4.78, 5) is 19.5. The maximum atomic E-state index is 13.0. The van der Waals surface area contributed by atoms with E-state index < -0.39 is 11.7 Å². The van der Waals surface area contributed by atoms with E-state index >= 15 is 0 Å². The standard InChI is InChI=1S/C24H23F3N4OS/c1-14-6-7-19(31-33-21-5-3-4-18(11-21)24(25,26)27)9-17(14)12-28-20-8-16-10-22(15(2)32)30-23(16)29-13-20/h5-11,13,28,31H,3-4,12H2,1-2H3,(H,29,30). The maximum absolute atomic E-state index is 13.0. The zero-order chi connectivity index (χ0) is 23.6. The summed E-state index contributed by atoms with van der Waals surface area (Å²) in [6, 6.07) is 9.56. The average Bonchev–Trinajstić information content (AvgIpc) is 3.21. The van der Waals surface area contributed by atoms with Crippen LogP contribution in [0.25, 0.3) is 11.0 Å². The summed E-state index contributed by atoms with van der Waals surface area (Å²) in [5.41, 5.74) is 4.44. The van der Waals surface area contributed by atoms with Crippen molar-refractivity contribution in [1.82, 2.24) is 9.97 Å². The first-order chi connectivity index (χ1) is 15.7. The Bertz CT molecular complexity index is 1260. The Hall–Kier alpha value is -3.20. The van der Waals surface area contributed by atoms with Crippen LogP contribution < -0.4 is 10.0 Å². The van der Waals surface area contributed by atoms with Crippen LogP contribution >= 0.6 is 11.9 Å². The number of nitrogens with zero attached hydrogens (tertiary/aromatic N) is 1. The number of rotatable bonds is 7. The number of alkyl halides is 3. The van der Waals surface area contributed by atoms with E-state index in [1.165, 1.54) is 24.9 Å². The lowest BCUT2D eigenvalue weighted by molar-refractivity contribution is -0.0940. The molecular weight excluding hydrogens is 449 g/mol. The fourth-order valence-electron chi connectivity index (χ4n) is 3.51. The van der Waals surface area contributed by atoms with E-state index in [4.69, 9.17) is 0 Å². The van der Waals surface area contributed by atoms with Gasteiger partial charge in [0.1, 0.15) is 5.65 Å². The number of hydrogen-bond acceptors (Lipinski definition) is 5. The second-order valence-corrected chi connectivity index (χ2v) is 8.79. The van der Waals surface area contributed by atoms with Crippen molar-refractivity contribution < 1.29 is 18.0 Å². The quantitative estimate of drug-likeness (QED) is 0.257. The lowest BCUT2D eigenvalue weighted by atomic mass is 10.1. The van der Waals surface area contributed by atoms with Gasteiger partial charge in [-0.2, -0.15) is 13.2 Å². The third kappa shape index (κ3) is 5.60. The minimum absolute atomic E-state index is 0.0212.